The number of rotatable bonds is 4. The maximum absolute atomic E-state index is 13.7. The van der Waals surface area contributed by atoms with Gasteiger partial charge in [0.1, 0.15) is 5.75 Å². The van der Waals surface area contributed by atoms with Gasteiger partial charge in [0.25, 0.3) is 11.5 Å². The lowest BCUT2D eigenvalue weighted by atomic mass is 10.2. The Kier molecular flexibility index (Phi) is 4.02. The largest absolute Gasteiger partial charge is 0.497 e. The molecule has 1 heterocycles. The zero-order valence-corrected chi connectivity index (χ0v) is 11.4. The van der Waals surface area contributed by atoms with Gasteiger partial charge in [0.2, 0.25) is 5.82 Å². The van der Waals surface area contributed by atoms with Crippen molar-refractivity contribution >= 4 is 0 Å². The SMILES string of the molecule is COc1ccc(Cn2cnc(C(C)(F)F)c(F)c2=O)cc1. The van der Waals surface area contributed by atoms with Gasteiger partial charge in [0.15, 0.2) is 5.69 Å². The molecule has 4 nitrogen and oxygen atoms in total. The summed E-state index contributed by atoms with van der Waals surface area (Å²) in [7, 11) is 1.52. The van der Waals surface area contributed by atoms with Crippen molar-refractivity contribution in [1.29, 1.82) is 0 Å². The summed E-state index contributed by atoms with van der Waals surface area (Å²) >= 11 is 0. The molecular formula is C14H13F3N2O2. The predicted molar refractivity (Wildman–Crippen MR) is 70.1 cm³/mol. The van der Waals surface area contributed by atoms with Crippen molar-refractivity contribution in [2.75, 3.05) is 7.11 Å². The first-order valence-corrected chi connectivity index (χ1v) is 6.09. The van der Waals surface area contributed by atoms with Crippen molar-refractivity contribution in [3.63, 3.8) is 0 Å². The fourth-order valence-corrected chi connectivity index (χ4v) is 1.81. The van der Waals surface area contributed by atoms with Crippen molar-refractivity contribution < 1.29 is 17.9 Å². The van der Waals surface area contributed by atoms with E-state index in [1.54, 1.807) is 24.3 Å². The van der Waals surface area contributed by atoms with Gasteiger partial charge in [-0.2, -0.15) is 13.2 Å². The first kappa shape index (κ1) is 15.1. The monoisotopic (exact) mass is 298 g/mol. The Morgan fingerprint density at radius 3 is 2.43 bits per heavy atom. The van der Waals surface area contributed by atoms with Crippen molar-refractivity contribution in [3.8, 4) is 5.75 Å². The fourth-order valence-electron chi connectivity index (χ4n) is 1.81. The zero-order chi connectivity index (χ0) is 15.6. The third-order valence-corrected chi connectivity index (χ3v) is 2.91. The highest BCUT2D eigenvalue weighted by Gasteiger charge is 2.32. The molecule has 112 valence electrons. The minimum Gasteiger partial charge on any atom is -0.497 e. The average Bonchev–Trinajstić information content (AvgIpc) is 2.43. The summed E-state index contributed by atoms with van der Waals surface area (Å²) in [6, 6.07) is 6.73. The topological polar surface area (TPSA) is 44.1 Å². The summed E-state index contributed by atoms with van der Waals surface area (Å²) in [5.41, 5.74) is -1.58. The Hall–Kier alpha value is -2.31. The molecule has 0 N–H and O–H groups in total. The third kappa shape index (κ3) is 3.24. The number of ether oxygens (including phenoxy) is 1. The van der Waals surface area contributed by atoms with Crippen LogP contribution in [0.5, 0.6) is 5.75 Å². The first-order chi connectivity index (χ1) is 9.82. The molecule has 1 aromatic heterocycles. The Bertz CT molecular complexity index is 691. The van der Waals surface area contributed by atoms with E-state index in [4.69, 9.17) is 4.74 Å². The van der Waals surface area contributed by atoms with Gasteiger partial charge in [-0.25, -0.2) is 4.98 Å². The second-order valence-corrected chi connectivity index (χ2v) is 4.58. The quantitative estimate of drug-likeness (QED) is 0.871. The molecular weight excluding hydrogens is 285 g/mol. The van der Waals surface area contributed by atoms with Gasteiger partial charge in [-0.15, -0.1) is 0 Å². The van der Waals surface area contributed by atoms with Crippen molar-refractivity contribution in [1.82, 2.24) is 9.55 Å². The molecule has 0 saturated carbocycles. The molecule has 0 unspecified atom stereocenters. The molecule has 0 aliphatic carbocycles. The van der Waals surface area contributed by atoms with Gasteiger partial charge in [0, 0.05) is 6.92 Å². The van der Waals surface area contributed by atoms with E-state index in [-0.39, 0.29) is 6.54 Å². The number of methoxy groups -OCH3 is 1. The van der Waals surface area contributed by atoms with Crippen LogP contribution in [0.4, 0.5) is 13.2 Å². The van der Waals surface area contributed by atoms with Gasteiger partial charge in [0.05, 0.1) is 20.0 Å². The van der Waals surface area contributed by atoms with Crippen molar-refractivity contribution in [2.24, 2.45) is 0 Å². The highest BCUT2D eigenvalue weighted by Crippen LogP contribution is 2.25. The lowest BCUT2D eigenvalue weighted by Gasteiger charge is -2.12. The molecule has 0 aliphatic rings. The van der Waals surface area contributed by atoms with Crippen LogP contribution in [-0.4, -0.2) is 16.7 Å². The van der Waals surface area contributed by atoms with Gasteiger partial charge >= 0.3 is 0 Å². The molecule has 0 radical (unpaired) electrons. The number of alkyl halides is 2. The fraction of sp³-hybridized carbons (Fsp3) is 0.286. The number of benzene rings is 1. The first-order valence-electron chi connectivity index (χ1n) is 6.09. The normalized spacial score (nSPS) is 11.5. The van der Waals surface area contributed by atoms with E-state index in [2.05, 4.69) is 4.98 Å². The van der Waals surface area contributed by atoms with Crippen LogP contribution < -0.4 is 10.3 Å². The van der Waals surface area contributed by atoms with E-state index < -0.39 is 23.0 Å². The van der Waals surface area contributed by atoms with Gasteiger partial charge < -0.3 is 4.74 Å². The van der Waals surface area contributed by atoms with Gasteiger partial charge in [-0.05, 0) is 17.7 Å². The lowest BCUT2D eigenvalue weighted by Crippen LogP contribution is -2.29. The molecule has 0 bridgehead atoms. The minimum atomic E-state index is -3.50. The maximum Gasteiger partial charge on any atom is 0.290 e. The Labute approximate surface area is 118 Å². The summed E-state index contributed by atoms with van der Waals surface area (Å²) in [6.45, 7) is 0.522. The van der Waals surface area contributed by atoms with Crippen molar-refractivity contribution in [3.05, 3.63) is 58.0 Å². The number of hydrogen-bond donors (Lipinski definition) is 0. The number of aromatic nitrogens is 2. The second kappa shape index (κ2) is 5.59. The second-order valence-electron chi connectivity index (χ2n) is 4.58. The summed E-state index contributed by atoms with van der Waals surface area (Å²) < 4.78 is 45.8. The lowest BCUT2D eigenvalue weighted by molar-refractivity contribution is 0.00804. The Morgan fingerprint density at radius 2 is 1.90 bits per heavy atom. The molecule has 0 aliphatic heterocycles. The molecule has 0 spiro atoms. The van der Waals surface area contributed by atoms with Crippen LogP contribution in [0.1, 0.15) is 18.2 Å². The van der Waals surface area contributed by atoms with Crippen LogP contribution in [0.2, 0.25) is 0 Å². The van der Waals surface area contributed by atoms with Crippen LogP contribution in [0.15, 0.2) is 35.4 Å². The molecule has 2 rings (SSSR count). The number of nitrogens with zero attached hydrogens (tertiary/aromatic N) is 2. The number of hydrogen-bond acceptors (Lipinski definition) is 3. The molecule has 0 atom stereocenters. The third-order valence-electron chi connectivity index (χ3n) is 2.91. The van der Waals surface area contributed by atoms with Crippen LogP contribution in [0.25, 0.3) is 0 Å². The van der Waals surface area contributed by atoms with Gasteiger partial charge in [-0.1, -0.05) is 12.1 Å². The smallest absolute Gasteiger partial charge is 0.290 e. The predicted octanol–water partition coefficient (Wildman–Crippen LogP) is 2.55. The highest BCUT2D eigenvalue weighted by atomic mass is 19.3. The van der Waals surface area contributed by atoms with E-state index in [0.717, 1.165) is 10.9 Å². The molecule has 2 aromatic rings. The Morgan fingerprint density at radius 1 is 1.29 bits per heavy atom. The molecule has 7 heteroatoms. The summed E-state index contributed by atoms with van der Waals surface area (Å²) in [6.07, 6.45) is 0.919. The zero-order valence-electron chi connectivity index (χ0n) is 11.4. The summed E-state index contributed by atoms with van der Waals surface area (Å²) in [4.78, 5) is 15.1. The summed E-state index contributed by atoms with van der Waals surface area (Å²) in [5, 5.41) is 0. The van der Waals surface area contributed by atoms with Crippen LogP contribution in [-0.2, 0) is 12.5 Å². The number of halogens is 3. The average molecular weight is 298 g/mol. The maximum atomic E-state index is 13.7. The Balaban J connectivity index is 2.33. The van der Waals surface area contributed by atoms with E-state index in [9.17, 15) is 18.0 Å². The van der Waals surface area contributed by atoms with E-state index in [1.165, 1.54) is 7.11 Å². The van der Waals surface area contributed by atoms with Crippen LogP contribution >= 0.6 is 0 Å². The van der Waals surface area contributed by atoms with E-state index in [1.807, 2.05) is 0 Å². The highest BCUT2D eigenvalue weighted by molar-refractivity contribution is 5.27. The molecule has 1 aromatic carbocycles. The summed E-state index contributed by atoms with van der Waals surface area (Å²) in [5.74, 6) is -4.39. The van der Waals surface area contributed by atoms with Crippen molar-refractivity contribution in [2.45, 2.75) is 19.4 Å². The molecule has 0 amide bonds. The molecule has 21 heavy (non-hydrogen) atoms. The van der Waals surface area contributed by atoms with E-state index >= 15 is 0 Å². The van der Waals surface area contributed by atoms with E-state index in [0.29, 0.717) is 18.2 Å². The molecule has 0 saturated heterocycles. The minimum absolute atomic E-state index is 0.0301. The van der Waals surface area contributed by atoms with Crippen LogP contribution in [0, 0.1) is 5.82 Å². The van der Waals surface area contributed by atoms with Crippen LogP contribution in [0.3, 0.4) is 0 Å². The molecule has 0 fully saturated rings. The standard InChI is InChI=1S/C14H13F3N2O2/c1-14(16,17)12-11(15)13(20)19(8-18-12)7-9-3-5-10(21-2)6-4-9/h3-6,8H,7H2,1-2H3. The van der Waals surface area contributed by atoms with Gasteiger partial charge in [-0.3, -0.25) is 9.36 Å².